The molecule has 110 valence electrons. The summed E-state index contributed by atoms with van der Waals surface area (Å²) in [5.74, 6) is 0. The fourth-order valence-corrected chi connectivity index (χ4v) is 2.76. The SMILES string of the molecule is CC(C)(C)OC(=O)N1CCOC2(C1)CC(F)(CO)C2. The van der Waals surface area contributed by atoms with Gasteiger partial charge in [0.05, 0.1) is 25.4 Å². The molecule has 2 fully saturated rings. The summed E-state index contributed by atoms with van der Waals surface area (Å²) in [5.41, 5.74) is -2.75. The van der Waals surface area contributed by atoms with E-state index in [1.54, 1.807) is 4.90 Å². The van der Waals surface area contributed by atoms with Crippen LogP contribution in [0.1, 0.15) is 33.6 Å². The summed E-state index contributed by atoms with van der Waals surface area (Å²) in [6.45, 7) is 6.09. The predicted molar refractivity (Wildman–Crippen MR) is 66.6 cm³/mol. The number of carbonyl (C=O) groups is 1. The van der Waals surface area contributed by atoms with Crippen LogP contribution in [0.5, 0.6) is 0 Å². The molecule has 6 heteroatoms. The number of carbonyl (C=O) groups excluding carboxylic acids is 1. The molecule has 1 aliphatic carbocycles. The maximum Gasteiger partial charge on any atom is 0.410 e. The zero-order chi connectivity index (χ0) is 14.3. The molecule has 0 aromatic rings. The Morgan fingerprint density at radius 1 is 1.47 bits per heavy atom. The third-order valence-electron chi connectivity index (χ3n) is 3.46. The molecular formula is C13H22FNO4. The van der Waals surface area contributed by atoms with Gasteiger partial charge in [0.15, 0.2) is 0 Å². The monoisotopic (exact) mass is 275 g/mol. The van der Waals surface area contributed by atoms with Gasteiger partial charge in [-0.15, -0.1) is 0 Å². The van der Waals surface area contributed by atoms with Gasteiger partial charge in [0.2, 0.25) is 0 Å². The minimum Gasteiger partial charge on any atom is -0.444 e. The number of rotatable bonds is 1. The molecule has 0 aromatic carbocycles. The van der Waals surface area contributed by atoms with E-state index in [4.69, 9.17) is 14.6 Å². The highest BCUT2D eigenvalue weighted by molar-refractivity contribution is 5.68. The molecule has 0 atom stereocenters. The van der Waals surface area contributed by atoms with Crippen molar-refractivity contribution in [2.24, 2.45) is 0 Å². The Bertz CT molecular complexity index is 360. The molecule has 1 spiro atoms. The lowest BCUT2D eigenvalue weighted by molar-refractivity contribution is -0.215. The van der Waals surface area contributed by atoms with Gasteiger partial charge in [-0.1, -0.05) is 0 Å². The van der Waals surface area contributed by atoms with Crippen molar-refractivity contribution < 1.29 is 23.8 Å². The van der Waals surface area contributed by atoms with Crippen LogP contribution >= 0.6 is 0 Å². The molecule has 1 heterocycles. The minimum absolute atomic E-state index is 0.135. The van der Waals surface area contributed by atoms with Crippen molar-refractivity contribution in [3.8, 4) is 0 Å². The number of nitrogens with zero attached hydrogens (tertiary/aromatic N) is 1. The van der Waals surface area contributed by atoms with Gasteiger partial charge in [0.1, 0.15) is 11.3 Å². The Labute approximate surface area is 112 Å². The van der Waals surface area contributed by atoms with Crippen molar-refractivity contribution >= 4 is 6.09 Å². The van der Waals surface area contributed by atoms with Crippen LogP contribution in [0, 0.1) is 0 Å². The Balaban J connectivity index is 1.94. The summed E-state index contributed by atoms with van der Waals surface area (Å²) in [7, 11) is 0. The lowest BCUT2D eigenvalue weighted by atomic mass is 9.68. The predicted octanol–water partition coefficient (Wildman–Crippen LogP) is 1.49. The Kier molecular flexibility index (Phi) is 3.51. The molecule has 0 aromatic heterocycles. The van der Waals surface area contributed by atoms with Gasteiger partial charge in [-0.2, -0.15) is 0 Å². The second-order valence-electron chi connectivity index (χ2n) is 6.60. The fraction of sp³-hybridized carbons (Fsp3) is 0.923. The van der Waals surface area contributed by atoms with E-state index < -0.39 is 29.6 Å². The molecule has 1 amide bonds. The van der Waals surface area contributed by atoms with Gasteiger partial charge in [0.25, 0.3) is 0 Å². The zero-order valence-corrected chi connectivity index (χ0v) is 11.7. The summed E-state index contributed by atoms with van der Waals surface area (Å²) in [6, 6.07) is 0. The van der Waals surface area contributed by atoms with Gasteiger partial charge < -0.3 is 19.5 Å². The van der Waals surface area contributed by atoms with E-state index in [2.05, 4.69) is 0 Å². The van der Waals surface area contributed by atoms with Crippen LogP contribution in [-0.4, -0.2) is 59.3 Å². The highest BCUT2D eigenvalue weighted by atomic mass is 19.1. The molecule has 1 saturated carbocycles. The first-order valence-corrected chi connectivity index (χ1v) is 6.59. The Morgan fingerprint density at radius 2 is 2.11 bits per heavy atom. The molecule has 1 saturated heterocycles. The maximum atomic E-state index is 13.8. The molecule has 19 heavy (non-hydrogen) atoms. The summed E-state index contributed by atoms with van der Waals surface area (Å²) in [6.07, 6.45) is -0.124. The number of aliphatic hydroxyl groups is 1. The topological polar surface area (TPSA) is 59.0 Å². The second-order valence-corrected chi connectivity index (χ2v) is 6.60. The number of ether oxygens (including phenoxy) is 2. The Hall–Kier alpha value is -0.880. The average Bonchev–Trinajstić information content (AvgIpc) is 2.25. The zero-order valence-electron chi connectivity index (χ0n) is 11.7. The van der Waals surface area contributed by atoms with Crippen LogP contribution in [0.2, 0.25) is 0 Å². The lowest BCUT2D eigenvalue weighted by Crippen LogP contribution is -2.66. The summed E-state index contributed by atoms with van der Waals surface area (Å²) in [4.78, 5) is 13.5. The van der Waals surface area contributed by atoms with E-state index in [9.17, 15) is 9.18 Å². The van der Waals surface area contributed by atoms with Gasteiger partial charge in [-0.25, -0.2) is 9.18 Å². The number of halogens is 1. The molecule has 0 radical (unpaired) electrons. The molecule has 0 bridgehead atoms. The van der Waals surface area contributed by atoms with Crippen molar-refractivity contribution in [1.82, 2.24) is 4.90 Å². The quantitative estimate of drug-likeness (QED) is 0.787. The third-order valence-corrected chi connectivity index (χ3v) is 3.46. The maximum absolute atomic E-state index is 13.8. The van der Waals surface area contributed by atoms with Gasteiger partial charge in [0, 0.05) is 19.4 Å². The lowest BCUT2D eigenvalue weighted by Gasteiger charge is -2.54. The summed E-state index contributed by atoms with van der Waals surface area (Å²) >= 11 is 0. The average molecular weight is 275 g/mol. The standard InChI is InChI=1S/C13H22FNO4/c1-11(2,3)19-10(17)15-4-5-18-13(8-15)6-12(14,7-13)9-16/h16H,4-9H2,1-3H3. The van der Waals surface area contributed by atoms with Gasteiger partial charge in [-0.05, 0) is 20.8 Å². The van der Waals surface area contributed by atoms with E-state index >= 15 is 0 Å². The number of amides is 1. The van der Waals surface area contributed by atoms with Crippen LogP contribution in [0.4, 0.5) is 9.18 Å². The Morgan fingerprint density at radius 3 is 2.63 bits per heavy atom. The van der Waals surface area contributed by atoms with Crippen molar-refractivity contribution in [2.75, 3.05) is 26.3 Å². The van der Waals surface area contributed by atoms with E-state index in [0.29, 0.717) is 19.7 Å². The largest absolute Gasteiger partial charge is 0.444 e. The number of hydrogen-bond donors (Lipinski definition) is 1. The van der Waals surface area contributed by atoms with E-state index in [1.807, 2.05) is 20.8 Å². The van der Waals surface area contributed by atoms with Crippen molar-refractivity contribution in [2.45, 2.75) is 50.5 Å². The van der Waals surface area contributed by atoms with Gasteiger partial charge in [-0.3, -0.25) is 0 Å². The molecule has 1 aliphatic heterocycles. The summed E-state index contributed by atoms with van der Waals surface area (Å²) in [5, 5.41) is 8.95. The smallest absolute Gasteiger partial charge is 0.410 e. The van der Waals surface area contributed by atoms with Crippen LogP contribution in [-0.2, 0) is 9.47 Å². The van der Waals surface area contributed by atoms with E-state index in [-0.39, 0.29) is 12.8 Å². The normalized spacial score (nSPS) is 35.1. The van der Waals surface area contributed by atoms with Crippen LogP contribution in [0.3, 0.4) is 0 Å². The first kappa shape index (κ1) is 14.5. The van der Waals surface area contributed by atoms with Crippen LogP contribution in [0.15, 0.2) is 0 Å². The molecule has 1 N–H and O–H groups in total. The number of morpholine rings is 1. The fourth-order valence-electron chi connectivity index (χ4n) is 2.76. The number of aliphatic hydroxyl groups excluding tert-OH is 1. The summed E-state index contributed by atoms with van der Waals surface area (Å²) < 4.78 is 24.7. The highest BCUT2D eigenvalue weighted by Gasteiger charge is 2.58. The second kappa shape index (κ2) is 4.59. The van der Waals surface area contributed by atoms with Gasteiger partial charge >= 0.3 is 6.09 Å². The first-order valence-electron chi connectivity index (χ1n) is 6.59. The minimum atomic E-state index is -1.56. The van der Waals surface area contributed by atoms with Crippen LogP contribution in [0.25, 0.3) is 0 Å². The van der Waals surface area contributed by atoms with Crippen molar-refractivity contribution in [3.05, 3.63) is 0 Å². The molecule has 0 unspecified atom stereocenters. The van der Waals surface area contributed by atoms with Crippen LogP contribution < -0.4 is 0 Å². The van der Waals surface area contributed by atoms with Crippen molar-refractivity contribution in [3.63, 3.8) is 0 Å². The molecule has 2 aliphatic rings. The van der Waals surface area contributed by atoms with E-state index in [0.717, 1.165) is 0 Å². The third kappa shape index (κ3) is 3.17. The highest BCUT2D eigenvalue weighted by Crippen LogP contribution is 2.48. The van der Waals surface area contributed by atoms with Crippen molar-refractivity contribution in [1.29, 1.82) is 0 Å². The number of alkyl halides is 1. The van der Waals surface area contributed by atoms with E-state index in [1.165, 1.54) is 0 Å². The number of hydrogen-bond acceptors (Lipinski definition) is 4. The molecular weight excluding hydrogens is 253 g/mol. The molecule has 2 rings (SSSR count). The molecule has 5 nitrogen and oxygen atoms in total. The first-order chi connectivity index (χ1) is 8.67.